The molecular weight excluding hydrogens is 354 g/mol. The van der Waals surface area contributed by atoms with Gasteiger partial charge in [-0.05, 0) is 36.6 Å². The summed E-state index contributed by atoms with van der Waals surface area (Å²) in [5, 5.41) is 3.06. The standard InChI is InChI=1S/C15H22BrN3O.ClH/c1-10(2)14(17)15(20)18-12-7-8-19(9-12)13-5-3-11(16)4-6-13;/h3-6,10,12,14H,7-9,17H2,1-2H3,(H,18,20);1H/t12?,14-;/m0./s1. The largest absolute Gasteiger partial charge is 0.369 e. The summed E-state index contributed by atoms with van der Waals surface area (Å²) in [6, 6.07) is 8.03. The van der Waals surface area contributed by atoms with Crippen LogP contribution in [0.1, 0.15) is 20.3 Å². The summed E-state index contributed by atoms with van der Waals surface area (Å²) in [5.74, 6) is 0.127. The predicted molar refractivity (Wildman–Crippen MR) is 93.0 cm³/mol. The Morgan fingerprint density at radius 1 is 1.38 bits per heavy atom. The molecule has 1 fully saturated rings. The number of carbonyl (C=O) groups is 1. The highest BCUT2D eigenvalue weighted by molar-refractivity contribution is 9.10. The number of carbonyl (C=O) groups excluding carboxylic acids is 1. The smallest absolute Gasteiger partial charge is 0.237 e. The van der Waals surface area contributed by atoms with E-state index >= 15 is 0 Å². The van der Waals surface area contributed by atoms with Gasteiger partial charge in [-0.2, -0.15) is 0 Å². The van der Waals surface area contributed by atoms with E-state index in [0.717, 1.165) is 24.0 Å². The molecular formula is C15H23BrClN3O. The number of anilines is 1. The summed E-state index contributed by atoms with van der Waals surface area (Å²) < 4.78 is 1.08. The highest BCUT2D eigenvalue weighted by atomic mass is 79.9. The number of benzene rings is 1. The lowest BCUT2D eigenvalue weighted by Gasteiger charge is -2.21. The van der Waals surface area contributed by atoms with Crippen LogP contribution in [0.25, 0.3) is 0 Å². The predicted octanol–water partition coefficient (Wildman–Crippen LogP) is 2.55. The second-order valence-electron chi connectivity index (χ2n) is 5.69. The van der Waals surface area contributed by atoms with Crippen molar-refractivity contribution in [3.63, 3.8) is 0 Å². The van der Waals surface area contributed by atoms with E-state index in [1.807, 2.05) is 26.0 Å². The molecule has 0 radical (unpaired) electrons. The molecule has 1 aliphatic heterocycles. The first-order chi connectivity index (χ1) is 9.47. The van der Waals surface area contributed by atoms with Crippen LogP contribution >= 0.6 is 28.3 Å². The zero-order valence-corrected chi connectivity index (χ0v) is 14.8. The molecule has 0 spiro atoms. The number of nitrogens with two attached hydrogens (primary N) is 1. The van der Waals surface area contributed by atoms with Gasteiger partial charge in [-0.1, -0.05) is 29.8 Å². The number of hydrogen-bond donors (Lipinski definition) is 2. The highest BCUT2D eigenvalue weighted by Gasteiger charge is 2.26. The number of nitrogens with one attached hydrogen (secondary N) is 1. The maximum absolute atomic E-state index is 12.0. The minimum absolute atomic E-state index is 0. The molecule has 21 heavy (non-hydrogen) atoms. The van der Waals surface area contributed by atoms with Gasteiger partial charge in [-0.25, -0.2) is 0 Å². The van der Waals surface area contributed by atoms with Crippen LogP contribution in [0.2, 0.25) is 0 Å². The van der Waals surface area contributed by atoms with E-state index in [1.54, 1.807) is 0 Å². The molecule has 0 bridgehead atoms. The Hall–Kier alpha value is -0.780. The Labute approximate surface area is 141 Å². The third-order valence-electron chi connectivity index (χ3n) is 3.75. The third kappa shape index (κ3) is 4.87. The van der Waals surface area contributed by atoms with Gasteiger partial charge in [0, 0.05) is 29.3 Å². The maximum Gasteiger partial charge on any atom is 0.237 e. The zero-order chi connectivity index (χ0) is 14.7. The van der Waals surface area contributed by atoms with E-state index in [1.165, 1.54) is 5.69 Å². The number of hydrogen-bond acceptors (Lipinski definition) is 3. The van der Waals surface area contributed by atoms with Crippen molar-refractivity contribution in [3.8, 4) is 0 Å². The molecule has 4 nitrogen and oxygen atoms in total. The molecule has 1 aromatic rings. The summed E-state index contributed by atoms with van der Waals surface area (Å²) in [7, 11) is 0. The quantitative estimate of drug-likeness (QED) is 0.849. The SMILES string of the molecule is CC(C)[C@H](N)C(=O)NC1CCN(c2ccc(Br)cc2)C1.Cl. The van der Waals surface area contributed by atoms with Gasteiger partial charge in [0.2, 0.25) is 5.91 Å². The van der Waals surface area contributed by atoms with Gasteiger partial charge in [0.05, 0.1) is 6.04 Å². The molecule has 1 aromatic carbocycles. The normalized spacial score (nSPS) is 19.3. The van der Waals surface area contributed by atoms with Gasteiger partial charge in [0.15, 0.2) is 0 Å². The molecule has 1 heterocycles. The molecule has 6 heteroatoms. The summed E-state index contributed by atoms with van der Waals surface area (Å²) in [6.07, 6.45) is 0.965. The van der Waals surface area contributed by atoms with Crippen LogP contribution in [0.4, 0.5) is 5.69 Å². The van der Waals surface area contributed by atoms with Crippen LogP contribution in [-0.2, 0) is 4.79 Å². The first-order valence-corrected chi connectivity index (χ1v) is 7.83. The molecule has 2 atom stereocenters. The molecule has 1 unspecified atom stereocenters. The lowest BCUT2D eigenvalue weighted by Crippen LogP contribution is -2.48. The van der Waals surface area contributed by atoms with E-state index in [9.17, 15) is 4.79 Å². The average molecular weight is 377 g/mol. The van der Waals surface area contributed by atoms with Crippen LogP contribution in [0.5, 0.6) is 0 Å². The monoisotopic (exact) mass is 375 g/mol. The van der Waals surface area contributed by atoms with Crippen LogP contribution in [0, 0.1) is 5.92 Å². The average Bonchev–Trinajstić information content (AvgIpc) is 2.87. The Morgan fingerprint density at radius 3 is 2.57 bits per heavy atom. The Balaban J connectivity index is 0.00000220. The molecule has 0 aliphatic carbocycles. The first kappa shape index (κ1) is 18.3. The Bertz CT molecular complexity index is 466. The molecule has 1 aliphatic rings. The second-order valence-corrected chi connectivity index (χ2v) is 6.60. The van der Waals surface area contributed by atoms with Crippen molar-refractivity contribution in [2.45, 2.75) is 32.4 Å². The van der Waals surface area contributed by atoms with Crippen molar-refractivity contribution in [1.29, 1.82) is 0 Å². The van der Waals surface area contributed by atoms with E-state index in [-0.39, 0.29) is 30.3 Å². The lowest BCUT2D eigenvalue weighted by atomic mass is 10.0. The van der Waals surface area contributed by atoms with Gasteiger partial charge in [-0.3, -0.25) is 4.79 Å². The fraction of sp³-hybridized carbons (Fsp3) is 0.533. The van der Waals surface area contributed by atoms with Crippen molar-refractivity contribution >= 4 is 39.9 Å². The fourth-order valence-electron chi connectivity index (χ4n) is 2.36. The topological polar surface area (TPSA) is 58.4 Å². The summed E-state index contributed by atoms with van der Waals surface area (Å²) in [6.45, 7) is 5.74. The van der Waals surface area contributed by atoms with Crippen molar-refractivity contribution in [3.05, 3.63) is 28.7 Å². The zero-order valence-electron chi connectivity index (χ0n) is 12.4. The van der Waals surface area contributed by atoms with Gasteiger partial charge in [0.1, 0.15) is 0 Å². The van der Waals surface area contributed by atoms with Crippen molar-refractivity contribution in [2.24, 2.45) is 11.7 Å². The van der Waals surface area contributed by atoms with Crippen molar-refractivity contribution < 1.29 is 4.79 Å². The first-order valence-electron chi connectivity index (χ1n) is 7.04. The second kappa shape index (κ2) is 8.01. The molecule has 1 saturated heterocycles. The van der Waals surface area contributed by atoms with Gasteiger partial charge >= 0.3 is 0 Å². The summed E-state index contributed by atoms with van der Waals surface area (Å²) >= 11 is 3.44. The molecule has 0 aromatic heterocycles. The Morgan fingerprint density at radius 2 is 2.00 bits per heavy atom. The number of amides is 1. The van der Waals surface area contributed by atoms with Crippen LogP contribution in [0.3, 0.4) is 0 Å². The van der Waals surface area contributed by atoms with Crippen LogP contribution in [-0.4, -0.2) is 31.1 Å². The Kier molecular flexibility index (Phi) is 6.97. The van der Waals surface area contributed by atoms with E-state index in [2.05, 4.69) is 38.3 Å². The maximum atomic E-state index is 12.0. The minimum Gasteiger partial charge on any atom is -0.369 e. The van der Waals surface area contributed by atoms with Gasteiger partial charge in [0.25, 0.3) is 0 Å². The third-order valence-corrected chi connectivity index (χ3v) is 4.28. The van der Waals surface area contributed by atoms with Crippen molar-refractivity contribution in [2.75, 3.05) is 18.0 Å². The van der Waals surface area contributed by atoms with Gasteiger partial charge < -0.3 is 16.0 Å². The van der Waals surface area contributed by atoms with E-state index < -0.39 is 6.04 Å². The highest BCUT2D eigenvalue weighted by Crippen LogP contribution is 2.22. The number of halogens is 2. The molecule has 1 amide bonds. The number of rotatable bonds is 4. The molecule has 118 valence electrons. The lowest BCUT2D eigenvalue weighted by molar-refractivity contribution is -0.123. The molecule has 3 N–H and O–H groups in total. The van der Waals surface area contributed by atoms with Crippen molar-refractivity contribution in [1.82, 2.24) is 5.32 Å². The van der Waals surface area contributed by atoms with E-state index in [4.69, 9.17) is 5.73 Å². The minimum atomic E-state index is -0.420. The number of nitrogens with zero attached hydrogens (tertiary/aromatic N) is 1. The summed E-state index contributed by atoms with van der Waals surface area (Å²) in [4.78, 5) is 14.3. The van der Waals surface area contributed by atoms with E-state index in [0.29, 0.717) is 0 Å². The van der Waals surface area contributed by atoms with Crippen LogP contribution in [0.15, 0.2) is 28.7 Å². The molecule has 0 saturated carbocycles. The van der Waals surface area contributed by atoms with Crippen LogP contribution < -0.4 is 16.0 Å². The van der Waals surface area contributed by atoms with Gasteiger partial charge in [-0.15, -0.1) is 12.4 Å². The molecule has 2 rings (SSSR count). The summed E-state index contributed by atoms with van der Waals surface area (Å²) in [5.41, 5.74) is 7.06. The fourth-order valence-corrected chi connectivity index (χ4v) is 2.63.